The van der Waals surface area contributed by atoms with Crippen LogP contribution in [-0.2, 0) is 20.9 Å². The minimum Gasteiger partial charge on any atom is -0.444 e. The molecule has 0 aromatic carbocycles. The fourth-order valence-corrected chi connectivity index (χ4v) is 3.83. The number of hydrogen-bond donors (Lipinski definition) is 2. The van der Waals surface area contributed by atoms with Crippen LogP contribution < -0.4 is 5.32 Å². The van der Waals surface area contributed by atoms with Gasteiger partial charge in [0.1, 0.15) is 17.2 Å². The van der Waals surface area contributed by atoms with Gasteiger partial charge in [-0.25, -0.2) is 4.79 Å². The van der Waals surface area contributed by atoms with E-state index >= 15 is 0 Å². The highest BCUT2D eigenvalue weighted by molar-refractivity contribution is 5.99. The van der Waals surface area contributed by atoms with Gasteiger partial charge >= 0.3 is 6.09 Å². The number of amides is 3. The summed E-state index contributed by atoms with van der Waals surface area (Å²) in [7, 11) is 0. The van der Waals surface area contributed by atoms with Gasteiger partial charge in [0, 0.05) is 6.54 Å². The van der Waals surface area contributed by atoms with Crippen molar-refractivity contribution in [2.75, 3.05) is 13.1 Å². The van der Waals surface area contributed by atoms with Crippen molar-refractivity contribution in [2.24, 2.45) is 0 Å². The second-order valence-corrected chi connectivity index (χ2v) is 8.44. The SMILES string of the molecule is C[C@@H](O)[C@@H](C(=O)NCc1nnco1)N1CC2(CCCN2C(=O)OC(C)(C)C)C1=O. The van der Waals surface area contributed by atoms with E-state index in [9.17, 15) is 19.5 Å². The highest BCUT2D eigenvalue weighted by atomic mass is 16.6. The summed E-state index contributed by atoms with van der Waals surface area (Å²) in [5, 5.41) is 19.9. The molecule has 3 atom stereocenters. The first-order valence-corrected chi connectivity index (χ1v) is 9.58. The number of aliphatic hydroxyl groups is 1. The third-order valence-electron chi connectivity index (χ3n) is 5.07. The lowest BCUT2D eigenvalue weighted by molar-refractivity contribution is -0.171. The molecule has 1 aromatic heterocycles. The third kappa shape index (κ3) is 4.04. The summed E-state index contributed by atoms with van der Waals surface area (Å²) in [5.74, 6) is -0.691. The van der Waals surface area contributed by atoms with E-state index in [0.29, 0.717) is 19.4 Å². The van der Waals surface area contributed by atoms with Crippen molar-refractivity contribution < 1.29 is 28.6 Å². The Labute approximate surface area is 168 Å². The van der Waals surface area contributed by atoms with Crippen molar-refractivity contribution in [1.82, 2.24) is 25.3 Å². The summed E-state index contributed by atoms with van der Waals surface area (Å²) in [6, 6.07) is -1.09. The Morgan fingerprint density at radius 1 is 1.45 bits per heavy atom. The molecule has 3 rings (SSSR count). The molecule has 2 saturated heterocycles. The lowest BCUT2D eigenvalue weighted by Crippen LogP contribution is -2.77. The standard InChI is InChI=1S/C18H27N5O6/c1-11(24)13(14(25)19-8-12-21-20-10-28-12)22-9-18(15(22)26)6-5-7-23(18)16(27)29-17(2,3)4/h10-11,13,24H,5-9H2,1-4H3,(H,19,25)/t11-,13+,18?/m1/s1. The number of carbonyl (C=O) groups excluding carboxylic acids is 3. The molecule has 11 nitrogen and oxygen atoms in total. The topological polar surface area (TPSA) is 138 Å². The summed E-state index contributed by atoms with van der Waals surface area (Å²) in [6.07, 6.45) is 0.661. The summed E-state index contributed by atoms with van der Waals surface area (Å²) in [6.45, 7) is 7.29. The molecule has 0 radical (unpaired) electrons. The zero-order valence-corrected chi connectivity index (χ0v) is 17.0. The van der Waals surface area contributed by atoms with E-state index in [0.717, 1.165) is 6.39 Å². The van der Waals surface area contributed by atoms with E-state index in [-0.39, 0.29) is 24.9 Å². The van der Waals surface area contributed by atoms with Crippen molar-refractivity contribution >= 4 is 17.9 Å². The van der Waals surface area contributed by atoms with Gasteiger partial charge in [-0.2, -0.15) is 0 Å². The van der Waals surface area contributed by atoms with Gasteiger partial charge in [0.05, 0.1) is 19.2 Å². The number of β-lactam (4-membered cyclic amide) rings is 1. The highest BCUT2D eigenvalue weighted by Gasteiger charge is 2.62. The van der Waals surface area contributed by atoms with E-state index < -0.39 is 35.3 Å². The Morgan fingerprint density at radius 3 is 2.72 bits per heavy atom. The van der Waals surface area contributed by atoms with Crippen LogP contribution in [0.25, 0.3) is 0 Å². The largest absolute Gasteiger partial charge is 0.444 e. The molecule has 2 fully saturated rings. The fraction of sp³-hybridized carbons (Fsp3) is 0.722. The van der Waals surface area contributed by atoms with E-state index in [1.165, 1.54) is 16.7 Å². The maximum absolute atomic E-state index is 13.1. The molecule has 0 bridgehead atoms. The number of hydrogen-bond acceptors (Lipinski definition) is 8. The van der Waals surface area contributed by atoms with Crippen molar-refractivity contribution in [1.29, 1.82) is 0 Å². The maximum atomic E-state index is 13.1. The molecular formula is C18H27N5O6. The average Bonchev–Trinajstić information content (AvgIpc) is 3.28. The molecule has 3 amide bonds. The summed E-state index contributed by atoms with van der Waals surface area (Å²) in [5.41, 5.74) is -1.69. The second-order valence-electron chi connectivity index (χ2n) is 8.44. The summed E-state index contributed by atoms with van der Waals surface area (Å²) in [4.78, 5) is 41.0. The van der Waals surface area contributed by atoms with Crippen molar-refractivity contribution in [3.05, 3.63) is 12.3 Å². The Morgan fingerprint density at radius 2 is 2.17 bits per heavy atom. The molecule has 29 heavy (non-hydrogen) atoms. The van der Waals surface area contributed by atoms with Crippen molar-refractivity contribution in [3.63, 3.8) is 0 Å². The Hall–Kier alpha value is -2.69. The molecule has 3 heterocycles. The number of carbonyl (C=O) groups is 3. The minimum atomic E-state index is -1.10. The smallest absolute Gasteiger partial charge is 0.411 e. The van der Waals surface area contributed by atoms with Gasteiger partial charge in [-0.15, -0.1) is 10.2 Å². The van der Waals surface area contributed by atoms with Crippen LogP contribution in [0.4, 0.5) is 4.79 Å². The lowest BCUT2D eigenvalue weighted by atomic mass is 9.83. The Bertz CT molecular complexity index is 774. The van der Waals surface area contributed by atoms with E-state index in [2.05, 4.69) is 15.5 Å². The lowest BCUT2D eigenvalue weighted by Gasteiger charge is -2.53. The molecular weight excluding hydrogens is 382 g/mol. The Kier molecular flexibility index (Phi) is 5.52. The van der Waals surface area contributed by atoms with Crippen molar-refractivity contribution in [2.45, 2.75) is 70.4 Å². The number of rotatable bonds is 5. The zero-order chi connectivity index (χ0) is 21.4. The summed E-state index contributed by atoms with van der Waals surface area (Å²) >= 11 is 0. The number of likely N-dealkylation sites (tertiary alicyclic amines) is 2. The quantitative estimate of drug-likeness (QED) is 0.651. The zero-order valence-electron chi connectivity index (χ0n) is 17.0. The van der Waals surface area contributed by atoms with Crippen LogP contribution >= 0.6 is 0 Å². The monoisotopic (exact) mass is 409 g/mol. The first kappa shape index (κ1) is 21.0. The number of ether oxygens (including phenoxy) is 1. The van der Waals surface area contributed by atoms with Crippen LogP contribution in [0.15, 0.2) is 10.8 Å². The molecule has 0 aliphatic carbocycles. The number of aliphatic hydroxyl groups excluding tert-OH is 1. The van der Waals surface area contributed by atoms with Crippen LogP contribution in [0.2, 0.25) is 0 Å². The minimum absolute atomic E-state index is 0.0146. The first-order chi connectivity index (χ1) is 13.5. The predicted octanol–water partition coefficient (Wildman–Crippen LogP) is 0.0471. The average molecular weight is 409 g/mol. The van der Waals surface area contributed by atoms with Crippen LogP contribution in [-0.4, -0.2) is 79.4 Å². The van der Waals surface area contributed by atoms with Crippen LogP contribution in [0.3, 0.4) is 0 Å². The van der Waals surface area contributed by atoms with Gasteiger partial charge in [0.25, 0.3) is 5.91 Å². The van der Waals surface area contributed by atoms with E-state index in [1.807, 2.05) is 0 Å². The summed E-state index contributed by atoms with van der Waals surface area (Å²) < 4.78 is 10.4. The number of aromatic nitrogens is 2. The van der Waals surface area contributed by atoms with Gasteiger partial charge in [0.2, 0.25) is 18.2 Å². The van der Waals surface area contributed by atoms with Gasteiger partial charge in [0.15, 0.2) is 0 Å². The molecule has 0 saturated carbocycles. The molecule has 160 valence electrons. The van der Waals surface area contributed by atoms with Gasteiger partial charge in [-0.05, 0) is 40.5 Å². The van der Waals surface area contributed by atoms with Crippen LogP contribution in [0.1, 0.15) is 46.4 Å². The normalized spacial score (nSPS) is 23.7. The van der Waals surface area contributed by atoms with E-state index in [4.69, 9.17) is 9.15 Å². The molecule has 2 aliphatic heterocycles. The predicted molar refractivity (Wildman–Crippen MR) is 98.2 cm³/mol. The molecule has 11 heteroatoms. The van der Waals surface area contributed by atoms with Crippen LogP contribution in [0.5, 0.6) is 0 Å². The third-order valence-corrected chi connectivity index (χ3v) is 5.07. The van der Waals surface area contributed by atoms with E-state index in [1.54, 1.807) is 20.8 Å². The maximum Gasteiger partial charge on any atom is 0.411 e. The van der Waals surface area contributed by atoms with Gasteiger partial charge in [-0.3, -0.25) is 14.5 Å². The molecule has 1 unspecified atom stereocenters. The first-order valence-electron chi connectivity index (χ1n) is 9.58. The molecule has 1 aromatic rings. The van der Waals surface area contributed by atoms with Gasteiger partial charge in [-0.1, -0.05) is 0 Å². The number of nitrogens with zero attached hydrogens (tertiary/aromatic N) is 4. The van der Waals surface area contributed by atoms with Crippen LogP contribution in [0, 0.1) is 0 Å². The second kappa shape index (κ2) is 7.62. The molecule has 2 aliphatic rings. The highest BCUT2D eigenvalue weighted by Crippen LogP contribution is 2.41. The Balaban J connectivity index is 1.69. The molecule has 1 spiro atoms. The number of nitrogens with one attached hydrogen (secondary N) is 1. The molecule has 2 N–H and O–H groups in total. The van der Waals surface area contributed by atoms with Crippen molar-refractivity contribution in [3.8, 4) is 0 Å². The fourth-order valence-electron chi connectivity index (χ4n) is 3.83. The van der Waals surface area contributed by atoms with Gasteiger partial charge < -0.3 is 24.5 Å².